The SMILES string of the molecule is Cc1ccc(NC(=O)[C@@H]2[C@@H](C(=O)Nc3ccc(C)cc3)[C@H]3C=C[C@H]2C3)cc1. The van der Waals surface area contributed by atoms with E-state index in [4.69, 9.17) is 0 Å². The lowest BCUT2D eigenvalue weighted by Gasteiger charge is -2.26. The minimum absolute atomic E-state index is 0.0697. The van der Waals surface area contributed by atoms with Crippen LogP contribution in [0.1, 0.15) is 17.5 Å². The Morgan fingerprint density at radius 2 is 1.07 bits per heavy atom. The molecule has 2 bridgehead atoms. The molecule has 4 atom stereocenters. The smallest absolute Gasteiger partial charge is 0.228 e. The van der Waals surface area contributed by atoms with Crippen molar-refractivity contribution in [2.24, 2.45) is 23.7 Å². The molecule has 2 aliphatic rings. The Labute approximate surface area is 159 Å². The molecule has 1 fully saturated rings. The highest BCUT2D eigenvalue weighted by atomic mass is 16.2. The van der Waals surface area contributed by atoms with Crippen LogP contribution in [0.3, 0.4) is 0 Å². The van der Waals surface area contributed by atoms with E-state index in [1.54, 1.807) is 0 Å². The van der Waals surface area contributed by atoms with Gasteiger partial charge in [-0.25, -0.2) is 0 Å². The van der Waals surface area contributed by atoms with Crippen LogP contribution in [0, 0.1) is 37.5 Å². The number of nitrogens with one attached hydrogen (secondary N) is 2. The molecule has 0 heterocycles. The predicted molar refractivity (Wildman–Crippen MR) is 107 cm³/mol. The summed E-state index contributed by atoms with van der Waals surface area (Å²) in [5, 5.41) is 6.00. The van der Waals surface area contributed by atoms with Crippen molar-refractivity contribution in [3.8, 4) is 0 Å². The van der Waals surface area contributed by atoms with Crippen LogP contribution in [0.5, 0.6) is 0 Å². The molecule has 1 saturated carbocycles. The molecule has 4 heteroatoms. The van der Waals surface area contributed by atoms with Gasteiger partial charge in [-0.2, -0.15) is 0 Å². The molecule has 0 radical (unpaired) electrons. The van der Waals surface area contributed by atoms with Crippen molar-refractivity contribution < 1.29 is 9.59 Å². The highest BCUT2D eigenvalue weighted by molar-refractivity contribution is 6.01. The molecule has 0 spiro atoms. The molecule has 27 heavy (non-hydrogen) atoms. The molecule has 2 aliphatic carbocycles. The molecule has 4 rings (SSSR count). The number of hydrogen-bond donors (Lipinski definition) is 2. The van der Waals surface area contributed by atoms with Crippen molar-refractivity contribution in [2.45, 2.75) is 20.3 Å². The van der Waals surface area contributed by atoms with E-state index >= 15 is 0 Å². The van der Waals surface area contributed by atoms with Gasteiger partial charge in [0, 0.05) is 11.4 Å². The van der Waals surface area contributed by atoms with E-state index in [9.17, 15) is 9.59 Å². The summed E-state index contributed by atoms with van der Waals surface area (Å²) >= 11 is 0. The zero-order valence-corrected chi connectivity index (χ0v) is 15.6. The van der Waals surface area contributed by atoms with Crippen LogP contribution >= 0.6 is 0 Å². The first-order valence-electron chi connectivity index (χ1n) is 9.44. The van der Waals surface area contributed by atoms with Crippen LogP contribution in [-0.2, 0) is 9.59 Å². The molecule has 0 aliphatic heterocycles. The first-order chi connectivity index (χ1) is 13.0. The molecule has 0 unspecified atom stereocenters. The normalized spacial score (nSPS) is 25.4. The van der Waals surface area contributed by atoms with Crippen LogP contribution in [0.2, 0.25) is 0 Å². The van der Waals surface area contributed by atoms with Crippen molar-refractivity contribution in [3.05, 3.63) is 71.8 Å². The van der Waals surface area contributed by atoms with Gasteiger partial charge in [0.25, 0.3) is 0 Å². The average Bonchev–Trinajstić information content (AvgIpc) is 3.27. The quantitative estimate of drug-likeness (QED) is 0.798. The molecule has 0 aromatic heterocycles. The largest absolute Gasteiger partial charge is 0.326 e. The van der Waals surface area contributed by atoms with Crippen LogP contribution < -0.4 is 10.6 Å². The molecule has 2 N–H and O–H groups in total. The van der Waals surface area contributed by atoms with Crippen LogP contribution in [0.15, 0.2) is 60.7 Å². The van der Waals surface area contributed by atoms with E-state index in [1.165, 1.54) is 0 Å². The number of amides is 2. The van der Waals surface area contributed by atoms with Crippen molar-refractivity contribution in [1.82, 2.24) is 0 Å². The Morgan fingerprint density at radius 1 is 0.704 bits per heavy atom. The first-order valence-corrected chi connectivity index (χ1v) is 9.44. The van der Waals surface area contributed by atoms with Crippen LogP contribution in [0.4, 0.5) is 11.4 Å². The number of allylic oxidation sites excluding steroid dienone is 2. The predicted octanol–water partition coefficient (Wildman–Crippen LogP) is 4.32. The topological polar surface area (TPSA) is 58.2 Å². The summed E-state index contributed by atoms with van der Waals surface area (Å²) in [4.78, 5) is 26.0. The first kappa shape index (κ1) is 17.5. The number of anilines is 2. The number of fused-ring (bicyclic) bond motifs is 2. The maximum Gasteiger partial charge on any atom is 0.228 e. The highest BCUT2D eigenvalue weighted by Gasteiger charge is 2.51. The number of aryl methyl sites for hydroxylation is 2. The van der Waals surface area contributed by atoms with Crippen LogP contribution in [0.25, 0.3) is 0 Å². The summed E-state index contributed by atoms with van der Waals surface area (Å²) in [5.74, 6) is -0.526. The number of benzene rings is 2. The second-order valence-corrected chi connectivity index (χ2v) is 7.71. The standard InChI is InChI=1S/C23H24N2O2/c1-14-3-9-18(10-4-14)24-22(26)20-16-7-8-17(13-16)21(20)23(27)25-19-11-5-15(2)6-12-19/h3-12,16-17,20-21H,13H2,1-2H3,(H,24,26)(H,25,27)/t16-,17-,20-,21-/m0/s1. The van der Waals surface area contributed by atoms with Crippen LogP contribution in [-0.4, -0.2) is 11.8 Å². The van der Waals surface area contributed by atoms with Gasteiger partial charge in [-0.15, -0.1) is 0 Å². The highest BCUT2D eigenvalue weighted by Crippen LogP contribution is 2.48. The zero-order valence-electron chi connectivity index (χ0n) is 15.6. The monoisotopic (exact) mass is 360 g/mol. The molecule has 2 aromatic carbocycles. The van der Waals surface area contributed by atoms with E-state index in [2.05, 4.69) is 22.8 Å². The summed E-state index contributed by atoms with van der Waals surface area (Å²) < 4.78 is 0. The van der Waals surface area contributed by atoms with E-state index < -0.39 is 0 Å². The Hall–Kier alpha value is -2.88. The third-order valence-electron chi connectivity index (χ3n) is 5.70. The summed E-state index contributed by atoms with van der Waals surface area (Å²) in [5.41, 5.74) is 3.84. The fourth-order valence-electron chi connectivity index (χ4n) is 4.26. The van der Waals surface area contributed by atoms with Gasteiger partial charge in [0.15, 0.2) is 0 Å². The van der Waals surface area contributed by atoms with Gasteiger partial charge in [-0.05, 0) is 56.4 Å². The second kappa shape index (κ2) is 7.03. The summed E-state index contributed by atoms with van der Waals surface area (Å²) in [6.07, 6.45) is 5.07. The Kier molecular flexibility index (Phi) is 4.56. The lowest BCUT2D eigenvalue weighted by molar-refractivity contribution is -0.129. The molecule has 4 nitrogen and oxygen atoms in total. The Bertz CT molecular complexity index is 810. The third-order valence-corrected chi connectivity index (χ3v) is 5.70. The number of rotatable bonds is 4. The second-order valence-electron chi connectivity index (χ2n) is 7.71. The maximum atomic E-state index is 13.0. The van der Waals surface area contributed by atoms with E-state index in [0.29, 0.717) is 0 Å². The van der Waals surface area contributed by atoms with E-state index in [1.807, 2.05) is 62.4 Å². The molecular formula is C23H24N2O2. The Morgan fingerprint density at radius 3 is 1.44 bits per heavy atom. The lowest BCUT2D eigenvalue weighted by atomic mass is 9.81. The fourth-order valence-corrected chi connectivity index (χ4v) is 4.26. The number of carbonyl (C=O) groups is 2. The fraction of sp³-hybridized carbons (Fsp3) is 0.304. The number of carbonyl (C=O) groups excluding carboxylic acids is 2. The van der Waals surface area contributed by atoms with Crippen molar-refractivity contribution >= 4 is 23.2 Å². The van der Waals surface area contributed by atoms with Gasteiger partial charge >= 0.3 is 0 Å². The average molecular weight is 360 g/mol. The van der Waals surface area contributed by atoms with Gasteiger partial charge < -0.3 is 10.6 Å². The minimum atomic E-state index is -0.327. The van der Waals surface area contributed by atoms with Crippen molar-refractivity contribution in [1.29, 1.82) is 0 Å². The minimum Gasteiger partial charge on any atom is -0.326 e. The number of hydrogen-bond acceptors (Lipinski definition) is 2. The van der Waals surface area contributed by atoms with Gasteiger partial charge in [0.05, 0.1) is 11.8 Å². The lowest BCUT2D eigenvalue weighted by Crippen LogP contribution is -2.39. The van der Waals surface area contributed by atoms with E-state index in [0.717, 1.165) is 28.9 Å². The van der Waals surface area contributed by atoms with Gasteiger partial charge in [0.1, 0.15) is 0 Å². The van der Waals surface area contributed by atoms with Gasteiger partial charge in [-0.3, -0.25) is 9.59 Å². The molecule has 2 aromatic rings. The maximum absolute atomic E-state index is 13.0. The molecule has 2 amide bonds. The molecule has 0 saturated heterocycles. The molecule has 138 valence electrons. The molecular weight excluding hydrogens is 336 g/mol. The van der Waals surface area contributed by atoms with Crippen molar-refractivity contribution in [2.75, 3.05) is 10.6 Å². The van der Waals surface area contributed by atoms with Crippen molar-refractivity contribution in [3.63, 3.8) is 0 Å². The Balaban J connectivity index is 1.51. The van der Waals surface area contributed by atoms with E-state index in [-0.39, 0.29) is 35.5 Å². The summed E-state index contributed by atoms with van der Waals surface area (Å²) in [6.45, 7) is 4.02. The van der Waals surface area contributed by atoms with Gasteiger partial charge in [0.2, 0.25) is 11.8 Å². The summed E-state index contributed by atoms with van der Waals surface area (Å²) in [6, 6.07) is 15.5. The van der Waals surface area contributed by atoms with Gasteiger partial charge in [-0.1, -0.05) is 47.5 Å². The summed E-state index contributed by atoms with van der Waals surface area (Å²) in [7, 11) is 0. The zero-order chi connectivity index (χ0) is 19.0. The third kappa shape index (κ3) is 3.52.